The first-order valence-corrected chi connectivity index (χ1v) is 8.79. The van der Waals surface area contributed by atoms with E-state index in [-0.39, 0.29) is 18.0 Å². The van der Waals surface area contributed by atoms with Crippen molar-refractivity contribution >= 4 is 35.2 Å². The van der Waals surface area contributed by atoms with E-state index in [1.807, 2.05) is 24.3 Å². The number of carbonyl (C=O) groups excluding carboxylic acids is 1. The van der Waals surface area contributed by atoms with Gasteiger partial charge in [-0.3, -0.25) is 4.79 Å². The van der Waals surface area contributed by atoms with Crippen LogP contribution in [0.1, 0.15) is 27.4 Å². The Morgan fingerprint density at radius 3 is 2.54 bits per heavy atom. The fraction of sp³-hybridized carbons (Fsp3) is 0.294. The first-order valence-electron chi connectivity index (χ1n) is 7.25. The second kappa shape index (κ2) is 8.26. The summed E-state index contributed by atoms with van der Waals surface area (Å²) in [6.45, 7) is 1.84. The summed E-state index contributed by atoms with van der Waals surface area (Å²) in [4.78, 5) is 24.7. The van der Waals surface area contributed by atoms with Crippen LogP contribution in [0.25, 0.3) is 0 Å². The van der Waals surface area contributed by atoms with Gasteiger partial charge in [0.2, 0.25) is 5.91 Å². The molecule has 0 fully saturated rings. The molecule has 5 nitrogen and oxygen atoms in total. The third kappa shape index (κ3) is 5.04. The van der Waals surface area contributed by atoms with Crippen molar-refractivity contribution < 1.29 is 19.1 Å². The molecule has 0 atom stereocenters. The van der Waals surface area contributed by atoms with Gasteiger partial charge in [0, 0.05) is 17.8 Å². The summed E-state index contributed by atoms with van der Waals surface area (Å²) in [5, 5.41) is 9.70. The van der Waals surface area contributed by atoms with E-state index < -0.39 is 5.97 Å². The van der Waals surface area contributed by atoms with Gasteiger partial charge in [-0.25, -0.2) is 4.79 Å². The topological polar surface area (TPSA) is 70.8 Å². The average Bonchev–Trinajstić information content (AvgIpc) is 2.89. The highest BCUT2D eigenvalue weighted by molar-refractivity contribution is 7.99. The maximum atomic E-state index is 12.1. The van der Waals surface area contributed by atoms with E-state index in [0.717, 1.165) is 11.3 Å². The Morgan fingerprint density at radius 1 is 1.29 bits per heavy atom. The Balaban J connectivity index is 1.82. The van der Waals surface area contributed by atoms with E-state index in [4.69, 9.17) is 21.1 Å². The summed E-state index contributed by atoms with van der Waals surface area (Å²) >= 11 is 7.35. The number of nitrogens with zero attached hydrogens (tertiary/aromatic N) is 1. The van der Waals surface area contributed by atoms with Crippen molar-refractivity contribution in [2.24, 2.45) is 0 Å². The second-order valence-electron chi connectivity index (χ2n) is 5.36. The first-order chi connectivity index (χ1) is 11.4. The third-order valence-electron chi connectivity index (χ3n) is 3.43. The second-order valence-corrected chi connectivity index (χ2v) is 6.78. The van der Waals surface area contributed by atoms with Crippen molar-refractivity contribution in [1.29, 1.82) is 0 Å². The molecule has 2 aromatic rings. The molecular formula is C17H18ClNO4S. The molecule has 128 valence electrons. The molecule has 0 radical (unpaired) electrons. The maximum absolute atomic E-state index is 12.1. The molecule has 0 unspecified atom stereocenters. The number of carboxylic acids is 1. The van der Waals surface area contributed by atoms with Crippen LogP contribution in [-0.4, -0.2) is 34.7 Å². The zero-order valence-corrected chi connectivity index (χ0v) is 15.0. The van der Waals surface area contributed by atoms with E-state index in [2.05, 4.69) is 0 Å². The number of benzene rings is 1. The van der Waals surface area contributed by atoms with Crippen LogP contribution in [-0.2, 0) is 17.1 Å². The third-order valence-corrected chi connectivity index (χ3v) is 4.67. The molecule has 1 N–H and O–H groups in total. The molecule has 7 heteroatoms. The molecule has 1 heterocycles. The number of aryl methyl sites for hydroxylation is 1. The molecule has 0 saturated heterocycles. The predicted octanol–water partition coefficient (Wildman–Crippen LogP) is 3.83. The summed E-state index contributed by atoms with van der Waals surface area (Å²) in [6, 6.07) is 8.98. The van der Waals surface area contributed by atoms with Gasteiger partial charge in [0.25, 0.3) is 0 Å². The van der Waals surface area contributed by atoms with Crippen molar-refractivity contribution in [2.45, 2.75) is 19.2 Å². The molecule has 0 spiro atoms. The number of furan rings is 1. The van der Waals surface area contributed by atoms with Crippen LogP contribution in [0.15, 0.2) is 34.7 Å². The van der Waals surface area contributed by atoms with E-state index in [1.54, 1.807) is 14.0 Å². The highest BCUT2D eigenvalue weighted by Crippen LogP contribution is 2.18. The monoisotopic (exact) mass is 367 g/mol. The molecule has 0 aliphatic carbocycles. The normalized spacial score (nSPS) is 10.6. The highest BCUT2D eigenvalue weighted by Gasteiger charge is 2.16. The predicted molar refractivity (Wildman–Crippen MR) is 94.5 cm³/mol. The Hall–Kier alpha value is -1.92. The Kier molecular flexibility index (Phi) is 6.34. The number of halogens is 1. The van der Waals surface area contributed by atoms with Crippen molar-refractivity contribution in [3.8, 4) is 0 Å². The number of carboxylic acid groups (broad SMARTS) is 1. The molecule has 1 aromatic carbocycles. The SMILES string of the molecule is Cc1oc(CN(C)C(=O)CSCc2ccc(Cl)cc2)cc1C(=O)O. The minimum absolute atomic E-state index is 0.0418. The number of hydrogen-bond donors (Lipinski definition) is 1. The molecule has 1 aromatic heterocycles. The van der Waals surface area contributed by atoms with Crippen molar-refractivity contribution in [3.05, 3.63) is 58.0 Å². The van der Waals surface area contributed by atoms with E-state index in [9.17, 15) is 9.59 Å². The van der Waals surface area contributed by atoms with E-state index in [0.29, 0.717) is 22.3 Å². The lowest BCUT2D eigenvalue weighted by Gasteiger charge is -2.15. The maximum Gasteiger partial charge on any atom is 0.339 e. The number of rotatable bonds is 7. The molecule has 0 aliphatic rings. The molecule has 1 amide bonds. The summed E-state index contributed by atoms with van der Waals surface area (Å²) in [5.74, 6) is 0.790. The number of carbonyl (C=O) groups is 2. The summed E-state index contributed by atoms with van der Waals surface area (Å²) in [7, 11) is 1.67. The van der Waals surface area contributed by atoms with Gasteiger partial charge in [0.15, 0.2) is 0 Å². The molecule has 0 saturated carbocycles. The number of amides is 1. The largest absolute Gasteiger partial charge is 0.478 e. The van der Waals surface area contributed by atoms with E-state index in [1.165, 1.54) is 22.7 Å². The molecule has 0 bridgehead atoms. The Bertz CT molecular complexity index is 727. The standard InChI is InChI=1S/C17H18ClNO4S/c1-11-15(17(21)22)7-14(23-11)8-19(2)16(20)10-24-9-12-3-5-13(18)6-4-12/h3-7H,8-10H2,1-2H3,(H,21,22). The van der Waals surface area contributed by atoms with Crippen molar-refractivity contribution in [1.82, 2.24) is 4.90 Å². The summed E-state index contributed by atoms with van der Waals surface area (Å²) in [5.41, 5.74) is 1.23. The van der Waals surface area contributed by atoms with Gasteiger partial charge in [-0.15, -0.1) is 11.8 Å². The van der Waals surface area contributed by atoms with Crippen LogP contribution >= 0.6 is 23.4 Å². The molecule has 24 heavy (non-hydrogen) atoms. The van der Waals surface area contributed by atoms with Gasteiger partial charge >= 0.3 is 5.97 Å². The first kappa shape index (κ1) is 18.4. The number of thioether (sulfide) groups is 1. The van der Waals surface area contributed by atoms with Gasteiger partial charge in [0.05, 0.1) is 12.3 Å². The lowest BCUT2D eigenvalue weighted by molar-refractivity contribution is -0.127. The molecule has 2 rings (SSSR count). The Morgan fingerprint density at radius 2 is 1.96 bits per heavy atom. The number of aromatic carboxylic acids is 1. The van der Waals surface area contributed by atoms with Crippen LogP contribution in [0.5, 0.6) is 0 Å². The van der Waals surface area contributed by atoms with Gasteiger partial charge < -0.3 is 14.4 Å². The fourth-order valence-electron chi connectivity index (χ4n) is 2.10. The van der Waals surface area contributed by atoms with Crippen molar-refractivity contribution in [2.75, 3.05) is 12.8 Å². The lowest BCUT2D eigenvalue weighted by Crippen LogP contribution is -2.27. The Labute approximate surface area is 149 Å². The van der Waals surface area contributed by atoms with Gasteiger partial charge in [-0.2, -0.15) is 0 Å². The van der Waals surface area contributed by atoms with Crippen LogP contribution in [0.2, 0.25) is 5.02 Å². The fourth-order valence-corrected chi connectivity index (χ4v) is 3.15. The molecular weight excluding hydrogens is 350 g/mol. The highest BCUT2D eigenvalue weighted by atomic mass is 35.5. The van der Waals surface area contributed by atoms with Crippen LogP contribution < -0.4 is 0 Å². The summed E-state index contributed by atoms with van der Waals surface area (Å²) in [6.07, 6.45) is 0. The van der Waals surface area contributed by atoms with Crippen LogP contribution in [0, 0.1) is 6.92 Å². The van der Waals surface area contributed by atoms with Crippen LogP contribution in [0.4, 0.5) is 0 Å². The number of hydrogen-bond acceptors (Lipinski definition) is 4. The smallest absolute Gasteiger partial charge is 0.339 e. The van der Waals surface area contributed by atoms with E-state index >= 15 is 0 Å². The minimum Gasteiger partial charge on any atom is -0.478 e. The van der Waals surface area contributed by atoms with Crippen LogP contribution in [0.3, 0.4) is 0 Å². The van der Waals surface area contributed by atoms with Gasteiger partial charge in [-0.1, -0.05) is 23.7 Å². The minimum atomic E-state index is -1.03. The zero-order valence-electron chi connectivity index (χ0n) is 13.4. The van der Waals surface area contributed by atoms with Gasteiger partial charge in [0.1, 0.15) is 17.1 Å². The van der Waals surface area contributed by atoms with Gasteiger partial charge in [-0.05, 0) is 30.7 Å². The lowest BCUT2D eigenvalue weighted by atomic mass is 10.2. The molecule has 0 aliphatic heterocycles. The zero-order chi connectivity index (χ0) is 17.7. The van der Waals surface area contributed by atoms with Crippen molar-refractivity contribution in [3.63, 3.8) is 0 Å². The average molecular weight is 368 g/mol. The summed E-state index contributed by atoms with van der Waals surface area (Å²) < 4.78 is 5.39. The quantitative estimate of drug-likeness (QED) is 0.805.